The number of nitrogens with zero attached hydrogens (tertiary/aromatic N) is 1. The molecule has 0 bridgehead atoms. The number of hydrogen-bond donors (Lipinski definition) is 0. The van der Waals surface area contributed by atoms with Crippen LogP contribution in [0.25, 0.3) is 23.1 Å². The molecule has 0 saturated heterocycles. The lowest BCUT2D eigenvalue weighted by molar-refractivity contribution is -0.384. The Balaban J connectivity index is 1.93. The predicted molar refractivity (Wildman–Crippen MR) is 91.1 cm³/mol. The number of ether oxygens (including phenoxy) is 1. The number of fused-ring (bicyclic) bond motifs is 1. The molecule has 3 rings (SSSR count). The summed E-state index contributed by atoms with van der Waals surface area (Å²) in [5, 5.41) is 11.4. The van der Waals surface area contributed by atoms with Crippen molar-refractivity contribution >= 4 is 28.8 Å². The van der Waals surface area contributed by atoms with Crippen molar-refractivity contribution in [2.24, 2.45) is 0 Å². The number of rotatable bonds is 4. The lowest BCUT2D eigenvalue weighted by atomic mass is 10.1. The molecule has 0 aliphatic rings. The molecular formula is C18H13NO5. The van der Waals surface area contributed by atoms with Gasteiger partial charge in [-0.05, 0) is 42.0 Å². The summed E-state index contributed by atoms with van der Waals surface area (Å²) >= 11 is 0. The van der Waals surface area contributed by atoms with E-state index in [4.69, 9.17) is 9.15 Å². The van der Waals surface area contributed by atoms with E-state index < -0.39 is 10.5 Å². The van der Waals surface area contributed by atoms with Crippen LogP contribution in [0, 0.1) is 10.1 Å². The third-order valence-corrected chi connectivity index (χ3v) is 3.53. The van der Waals surface area contributed by atoms with Crippen LogP contribution in [0.1, 0.15) is 11.1 Å². The zero-order valence-corrected chi connectivity index (χ0v) is 12.8. The lowest BCUT2D eigenvalue weighted by Gasteiger charge is -2.02. The quantitative estimate of drug-likeness (QED) is 0.413. The van der Waals surface area contributed by atoms with Crippen molar-refractivity contribution in [1.29, 1.82) is 0 Å². The second-order valence-corrected chi connectivity index (χ2v) is 5.07. The molecule has 0 unspecified atom stereocenters. The molecule has 0 N–H and O–H groups in total. The van der Waals surface area contributed by atoms with Gasteiger partial charge in [-0.15, -0.1) is 0 Å². The van der Waals surface area contributed by atoms with Crippen molar-refractivity contribution in [3.05, 3.63) is 80.2 Å². The Labute approximate surface area is 136 Å². The fourth-order valence-electron chi connectivity index (χ4n) is 2.24. The molecule has 0 aliphatic carbocycles. The average molecular weight is 323 g/mol. The standard InChI is InChI=1S/C18H13NO5/c1-23-16-9-6-13-10-14(18(20)24-17(13)11-16)5-2-12-3-7-15(8-4-12)19(21)22/h2-11H,1H3/b5-2+. The molecule has 24 heavy (non-hydrogen) atoms. The van der Waals surface area contributed by atoms with Gasteiger partial charge in [-0.2, -0.15) is 0 Å². The zero-order valence-electron chi connectivity index (χ0n) is 12.8. The van der Waals surface area contributed by atoms with Crippen LogP contribution in [0.4, 0.5) is 5.69 Å². The van der Waals surface area contributed by atoms with E-state index in [1.165, 1.54) is 12.1 Å². The van der Waals surface area contributed by atoms with Crippen LogP contribution in [-0.2, 0) is 0 Å². The third-order valence-electron chi connectivity index (χ3n) is 3.53. The highest BCUT2D eigenvalue weighted by molar-refractivity contribution is 5.81. The van der Waals surface area contributed by atoms with E-state index in [0.29, 0.717) is 16.9 Å². The first-order valence-electron chi connectivity index (χ1n) is 7.11. The molecule has 0 saturated carbocycles. The maximum absolute atomic E-state index is 12.0. The molecule has 0 amide bonds. The van der Waals surface area contributed by atoms with Crippen LogP contribution < -0.4 is 10.4 Å². The topological polar surface area (TPSA) is 82.6 Å². The summed E-state index contributed by atoms with van der Waals surface area (Å²) in [6, 6.07) is 13.0. The van der Waals surface area contributed by atoms with Crippen molar-refractivity contribution in [2.45, 2.75) is 0 Å². The summed E-state index contributed by atoms with van der Waals surface area (Å²) in [5.41, 5.74) is 1.15. The summed E-state index contributed by atoms with van der Waals surface area (Å²) in [6.07, 6.45) is 3.32. The van der Waals surface area contributed by atoms with Gasteiger partial charge in [0.05, 0.1) is 17.6 Å². The fraction of sp³-hybridized carbons (Fsp3) is 0.0556. The van der Waals surface area contributed by atoms with E-state index in [-0.39, 0.29) is 5.69 Å². The van der Waals surface area contributed by atoms with E-state index >= 15 is 0 Å². The van der Waals surface area contributed by atoms with Gasteiger partial charge < -0.3 is 9.15 Å². The molecule has 1 aromatic heterocycles. The summed E-state index contributed by atoms with van der Waals surface area (Å²) in [7, 11) is 1.54. The summed E-state index contributed by atoms with van der Waals surface area (Å²) in [4.78, 5) is 22.2. The van der Waals surface area contributed by atoms with Crippen molar-refractivity contribution in [3.63, 3.8) is 0 Å². The lowest BCUT2D eigenvalue weighted by Crippen LogP contribution is -2.02. The Hall–Kier alpha value is -3.41. The second kappa shape index (κ2) is 6.37. The SMILES string of the molecule is COc1ccc2cc(/C=C/c3ccc([N+](=O)[O-])cc3)c(=O)oc2c1. The van der Waals surface area contributed by atoms with Crippen LogP contribution in [-0.4, -0.2) is 12.0 Å². The summed E-state index contributed by atoms with van der Waals surface area (Å²) in [6.45, 7) is 0. The number of nitro benzene ring substituents is 1. The van der Waals surface area contributed by atoms with Gasteiger partial charge >= 0.3 is 5.63 Å². The molecule has 120 valence electrons. The normalized spacial score (nSPS) is 11.0. The number of hydrogen-bond acceptors (Lipinski definition) is 5. The van der Waals surface area contributed by atoms with E-state index in [1.807, 2.05) is 0 Å². The highest BCUT2D eigenvalue weighted by atomic mass is 16.6. The first-order chi connectivity index (χ1) is 11.6. The van der Waals surface area contributed by atoms with Gasteiger partial charge in [0, 0.05) is 23.6 Å². The summed E-state index contributed by atoms with van der Waals surface area (Å²) < 4.78 is 10.4. The third kappa shape index (κ3) is 3.17. The van der Waals surface area contributed by atoms with Crippen LogP contribution in [0.5, 0.6) is 5.75 Å². The highest BCUT2D eigenvalue weighted by Gasteiger charge is 2.05. The molecule has 3 aromatic rings. The van der Waals surface area contributed by atoms with E-state index in [0.717, 1.165) is 10.9 Å². The fourth-order valence-corrected chi connectivity index (χ4v) is 2.24. The molecule has 0 atom stereocenters. The average Bonchev–Trinajstić information content (AvgIpc) is 2.59. The predicted octanol–water partition coefficient (Wildman–Crippen LogP) is 3.88. The van der Waals surface area contributed by atoms with Crippen molar-refractivity contribution < 1.29 is 14.1 Å². The van der Waals surface area contributed by atoms with Crippen LogP contribution in [0.2, 0.25) is 0 Å². The van der Waals surface area contributed by atoms with Gasteiger partial charge in [-0.25, -0.2) is 4.79 Å². The monoisotopic (exact) mass is 323 g/mol. The van der Waals surface area contributed by atoms with E-state index in [2.05, 4.69) is 0 Å². The Kier molecular flexibility index (Phi) is 4.11. The van der Waals surface area contributed by atoms with Gasteiger partial charge in [0.1, 0.15) is 11.3 Å². The molecule has 0 fully saturated rings. The van der Waals surface area contributed by atoms with Crippen LogP contribution in [0.15, 0.2) is 57.7 Å². The van der Waals surface area contributed by atoms with Gasteiger partial charge in [-0.3, -0.25) is 10.1 Å². The summed E-state index contributed by atoms with van der Waals surface area (Å²) in [5.74, 6) is 0.611. The largest absolute Gasteiger partial charge is 0.497 e. The molecule has 0 radical (unpaired) electrons. The van der Waals surface area contributed by atoms with E-state index in [1.54, 1.807) is 55.7 Å². The molecule has 6 nitrogen and oxygen atoms in total. The van der Waals surface area contributed by atoms with Gasteiger partial charge in [0.25, 0.3) is 5.69 Å². The van der Waals surface area contributed by atoms with Gasteiger partial charge in [-0.1, -0.05) is 6.08 Å². The van der Waals surface area contributed by atoms with Crippen LogP contribution >= 0.6 is 0 Å². The number of methoxy groups -OCH3 is 1. The first-order valence-corrected chi connectivity index (χ1v) is 7.11. The molecular weight excluding hydrogens is 310 g/mol. The zero-order chi connectivity index (χ0) is 17.1. The van der Waals surface area contributed by atoms with Crippen molar-refractivity contribution in [3.8, 4) is 5.75 Å². The molecule has 1 heterocycles. The number of non-ortho nitro benzene ring substituents is 1. The Morgan fingerprint density at radius 3 is 2.50 bits per heavy atom. The van der Waals surface area contributed by atoms with Crippen LogP contribution in [0.3, 0.4) is 0 Å². The maximum atomic E-state index is 12.0. The van der Waals surface area contributed by atoms with E-state index in [9.17, 15) is 14.9 Å². The minimum absolute atomic E-state index is 0.0197. The Bertz CT molecular complexity index is 986. The molecule has 2 aromatic carbocycles. The molecule has 0 spiro atoms. The van der Waals surface area contributed by atoms with Crippen molar-refractivity contribution in [1.82, 2.24) is 0 Å². The van der Waals surface area contributed by atoms with Crippen molar-refractivity contribution in [2.75, 3.05) is 7.11 Å². The highest BCUT2D eigenvalue weighted by Crippen LogP contribution is 2.21. The Morgan fingerprint density at radius 1 is 1.08 bits per heavy atom. The van der Waals surface area contributed by atoms with Gasteiger partial charge in [0.2, 0.25) is 0 Å². The molecule has 6 heteroatoms. The maximum Gasteiger partial charge on any atom is 0.343 e. The number of benzene rings is 2. The first kappa shape index (κ1) is 15.5. The smallest absolute Gasteiger partial charge is 0.343 e. The minimum atomic E-state index is -0.464. The van der Waals surface area contributed by atoms with Gasteiger partial charge in [0.15, 0.2) is 0 Å². The second-order valence-electron chi connectivity index (χ2n) is 5.07. The Morgan fingerprint density at radius 2 is 1.83 bits per heavy atom. The molecule has 0 aliphatic heterocycles. The number of nitro groups is 1. The minimum Gasteiger partial charge on any atom is -0.497 e.